The molecule has 0 spiro atoms. The Hall–Kier alpha value is -3.92. The van der Waals surface area contributed by atoms with Gasteiger partial charge in [0.1, 0.15) is 12.4 Å². The van der Waals surface area contributed by atoms with Crippen LogP contribution in [0.3, 0.4) is 0 Å². The number of fused-ring (bicyclic) bond motifs is 1. The maximum Gasteiger partial charge on any atom is 0.327 e. The number of esters is 1. The average molecular weight is 507 g/mol. The van der Waals surface area contributed by atoms with Gasteiger partial charge in [0, 0.05) is 29.6 Å². The molecule has 2 heterocycles. The molecule has 0 saturated carbocycles. The van der Waals surface area contributed by atoms with Crippen molar-refractivity contribution in [3.63, 3.8) is 0 Å². The second-order valence-corrected chi connectivity index (χ2v) is 9.12. The smallest absolute Gasteiger partial charge is 0.327 e. The highest BCUT2D eigenvalue weighted by Crippen LogP contribution is 2.27. The number of carbonyl (C=O) groups excluding carboxylic acids is 1. The number of hydrogen-bond acceptors (Lipinski definition) is 7. The Labute approximate surface area is 214 Å². The Balaban J connectivity index is 1.74. The van der Waals surface area contributed by atoms with Gasteiger partial charge in [-0.1, -0.05) is 25.1 Å². The molecule has 0 aliphatic heterocycles. The van der Waals surface area contributed by atoms with E-state index < -0.39 is 5.97 Å². The Kier molecular flexibility index (Phi) is 8.08. The van der Waals surface area contributed by atoms with E-state index in [-0.39, 0.29) is 30.6 Å². The minimum absolute atomic E-state index is 0.119. The van der Waals surface area contributed by atoms with E-state index in [2.05, 4.69) is 31.5 Å². The van der Waals surface area contributed by atoms with Crippen LogP contribution in [0.2, 0.25) is 0 Å². The molecule has 0 bridgehead atoms. The van der Waals surface area contributed by atoms with E-state index in [1.807, 2.05) is 32.9 Å². The fourth-order valence-corrected chi connectivity index (χ4v) is 4.65. The first-order valence-corrected chi connectivity index (χ1v) is 12.3. The summed E-state index contributed by atoms with van der Waals surface area (Å²) in [6, 6.07) is 11.9. The largest absolute Gasteiger partial charge is 0.465 e. The van der Waals surface area contributed by atoms with Gasteiger partial charge in [-0.25, -0.2) is 9.07 Å². The molecule has 4 aromatic rings. The summed E-state index contributed by atoms with van der Waals surface area (Å²) in [6.07, 6.45) is 0.605. The molecule has 194 valence electrons. The van der Waals surface area contributed by atoms with Crippen LogP contribution >= 0.6 is 0 Å². The number of halogens is 1. The van der Waals surface area contributed by atoms with E-state index >= 15 is 0 Å². The summed E-state index contributed by atoms with van der Waals surface area (Å²) in [5.41, 5.74) is 4.22. The molecular formula is C27H31FN6O3. The van der Waals surface area contributed by atoms with Gasteiger partial charge in [-0.15, -0.1) is 5.10 Å². The number of nitrogens with one attached hydrogen (secondary N) is 1. The van der Waals surface area contributed by atoms with Gasteiger partial charge in [-0.3, -0.25) is 14.5 Å². The number of aryl methyl sites for hydroxylation is 2. The molecule has 0 fully saturated rings. The second-order valence-electron chi connectivity index (χ2n) is 9.12. The van der Waals surface area contributed by atoms with E-state index in [9.17, 15) is 14.0 Å². The predicted molar refractivity (Wildman–Crippen MR) is 137 cm³/mol. The summed E-state index contributed by atoms with van der Waals surface area (Å²) in [6.45, 7) is 8.59. The van der Waals surface area contributed by atoms with Crippen molar-refractivity contribution in [2.75, 3.05) is 6.61 Å². The molecule has 0 unspecified atom stereocenters. The van der Waals surface area contributed by atoms with Gasteiger partial charge in [-0.05, 0) is 78.6 Å². The number of aromatic amines is 1. The number of pyridine rings is 1. The minimum atomic E-state index is -0.437. The van der Waals surface area contributed by atoms with Crippen LogP contribution in [0.25, 0.3) is 10.9 Å². The first-order valence-electron chi connectivity index (χ1n) is 12.3. The molecule has 0 aliphatic rings. The van der Waals surface area contributed by atoms with Gasteiger partial charge in [0.05, 0.1) is 12.6 Å². The summed E-state index contributed by atoms with van der Waals surface area (Å²) in [5, 5.41) is 13.0. The fourth-order valence-electron chi connectivity index (χ4n) is 4.65. The molecule has 1 N–H and O–H groups in total. The lowest BCUT2D eigenvalue weighted by molar-refractivity contribution is -0.144. The van der Waals surface area contributed by atoms with Crippen molar-refractivity contribution in [2.24, 2.45) is 0 Å². The lowest BCUT2D eigenvalue weighted by Crippen LogP contribution is -2.33. The maximum atomic E-state index is 13.6. The van der Waals surface area contributed by atoms with Gasteiger partial charge in [0.15, 0.2) is 5.82 Å². The molecule has 0 amide bonds. The Morgan fingerprint density at radius 1 is 1.14 bits per heavy atom. The zero-order valence-corrected chi connectivity index (χ0v) is 21.5. The standard InChI is InChI=1S/C27H31FN6O3/c1-5-24(26-30-31-32-34(26)16-25(35)37-6-2)33(14-19-7-9-21(28)10-8-19)15-20-13-22-18(4)11-17(3)12-23(22)29-27(20)36/h7-13,24H,5-6,14-16H2,1-4H3,(H,29,36)/t24-/m0/s1. The lowest BCUT2D eigenvalue weighted by Gasteiger charge is -2.30. The second kappa shape index (κ2) is 11.4. The number of nitrogens with zero attached hydrogens (tertiary/aromatic N) is 5. The third-order valence-corrected chi connectivity index (χ3v) is 6.33. The summed E-state index contributed by atoms with van der Waals surface area (Å²) in [5.74, 6) is -0.271. The summed E-state index contributed by atoms with van der Waals surface area (Å²) < 4.78 is 20.1. The van der Waals surface area contributed by atoms with Crippen LogP contribution in [0.15, 0.2) is 47.3 Å². The van der Waals surface area contributed by atoms with Crippen molar-refractivity contribution < 1.29 is 13.9 Å². The van der Waals surface area contributed by atoms with Gasteiger partial charge in [0.25, 0.3) is 5.56 Å². The van der Waals surface area contributed by atoms with Crippen molar-refractivity contribution in [3.8, 4) is 0 Å². The van der Waals surface area contributed by atoms with Crippen LogP contribution in [-0.2, 0) is 29.2 Å². The number of tetrazole rings is 1. The van der Waals surface area contributed by atoms with Gasteiger partial charge in [0.2, 0.25) is 0 Å². The van der Waals surface area contributed by atoms with Crippen molar-refractivity contribution >= 4 is 16.9 Å². The summed E-state index contributed by atoms with van der Waals surface area (Å²) >= 11 is 0. The number of benzene rings is 2. The molecule has 1 atom stereocenters. The highest BCUT2D eigenvalue weighted by atomic mass is 19.1. The van der Waals surface area contributed by atoms with Crippen molar-refractivity contribution in [2.45, 2.75) is 59.8 Å². The zero-order valence-electron chi connectivity index (χ0n) is 21.5. The number of hydrogen-bond donors (Lipinski definition) is 1. The third-order valence-electron chi connectivity index (χ3n) is 6.33. The van der Waals surface area contributed by atoms with Crippen molar-refractivity contribution in [1.29, 1.82) is 0 Å². The Morgan fingerprint density at radius 2 is 1.89 bits per heavy atom. The highest BCUT2D eigenvalue weighted by molar-refractivity contribution is 5.83. The maximum absolute atomic E-state index is 13.6. The monoisotopic (exact) mass is 506 g/mol. The minimum Gasteiger partial charge on any atom is -0.465 e. The topological polar surface area (TPSA) is 106 Å². The van der Waals surface area contributed by atoms with E-state index in [4.69, 9.17) is 4.74 Å². The predicted octanol–water partition coefficient (Wildman–Crippen LogP) is 3.99. The molecule has 2 aromatic carbocycles. The number of ether oxygens (including phenoxy) is 1. The SMILES string of the molecule is CCOC(=O)Cn1nnnc1[C@H](CC)N(Cc1ccc(F)cc1)Cc1cc2c(C)cc(C)cc2[nH]c1=O. The molecular weight excluding hydrogens is 475 g/mol. The van der Waals surface area contributed by atoms with Crippen LogP contribution in [0.1, 0.15) is 54.4 Å². The van der Waals surface area contributed by atoms with E-state index in [1.165, 1.54) is 16.8 Å². The van der Waals surface area contributed by atoms with Crippen LogP contribution in [-0.4, -0.2) is 42.7 Å². The van der Waals surface area contributed by atoms with Crippen LogP contribution in [0.5, 0.6) is 0 Å². The molecule has 10 heteroatoms. The average Bonchev–Trinajstić information content (AvgIpc) is 3.29. The number of H-pyrrole nitrogens is 1. The third kappa shape index (κ3) is 6.08. The number of carbonyl (C=O) groups is 1. The van der Waals surface area contributed by atoms with Gasteiger partial charge >= 0.3 is 5.97 Å². The first-order chi connectivity index (χ1) is 17.8. The highest BCUT2D eigenvalue weighted by Gasteiger charge is 2.27. The molecule has 4 rings (SSSR count). The van der Waals surface area contributed by atoms with Crippen LogP contribution < -0.4 is 5.56 Å². The van der Waals surface area contributed by atoms with Crippen LogP contribution in [0, 0.1) is 19.7 Å². The summed E-state index contributed by atoms with van der Waals surface area (Å²) in [7, 11) is 0. The van der Waals surface area contributed by atoms with E-state index in [1.54, 1.807) is 19.1 Å². The Morgan fingerprint density at radius 3 is 2.59 bits per heavy atom. The van der Waals surface area contributed by atoms with Crippen LogP contribution in [0.4, 0.5) is 4.39 Å². The lowest BCUT2D eigenvalue weighted by atomic mass is 10.0. The van der Waals surface area contributed by atoms with E-state index in [0.717, 1.165) is 27.6 Å². The van der Waals surface area contributed by atoms with Crippen molar-refractivity contribution in [1.82, 2.24) is 30.1 Å². The molecule has 9 nitrogen and oxygen atoms in total. The van der Waals surface area contributed by atoms with Gasteiger partial charge in [-0.2, -0.15) is 0 Å². The zero-order chi connectivity index (χ0) is 26.5. The Bertz CT molecular complexity index is 1450. The van der Waals surface area contributed by atoms with Crippen molar-refractivity contribution in [3.05, 3.63) is 86.7 Å². The molecule has 0 aliphatic carbocycles. The quantitative estimate of drug-likeness (QED) is 0.324. The number of rotatable bonds is 10. The number of aromatic nitrogens is 5. The fraction of sp³-hybridized carbons (Fsp3) is 0.370. The normalized spacial score (nSPS) is 12.3. The molecule has 2 aromatic heterocycles. The van der Waals surface area contributed by atoms with E-state index in [0.29, 0.717) is 30.9 Å². The molecule has 37 heavy (non-hydrogen) atoms. The molecule has 0 saturated heterocycles. The molecule has 0 radical (unpaired) electrons. The first kappa shape index (κ1) is 26.2. The van der Waals surface area contributed by atoms with Gasteiger partial charge < -0.3 is 9.72 Å². The summed E-state index contributed by atoms with van der Waals surface area (Å²) in [4.78, 5) is 30.4.